The Bertz CT molecular complexity index is 1340. The minimum atomic E-state index is -0.611. The van der Waals surface area contributed by atoms with Gasteiger partial charge in [-0.3, -0.25) is 9.59 Å². The number of amides is 3. The number of pyridine rings is 1. The number of para-hydroxylation sites is 1. The van der Waals surface area contributed by atoms with Gasteiger partial charge in [-0.05, 0) is 75.8 Å². The summed E-state index contributed by atoms with van der Waals surface area (Å²) in [5.41, 5.74) is 1.36. The third-order valence-corrected chi connectivity index (χ3v) is 7.54. The van der Waals surface area contributed by atoms with Crippen molar-refractivity contribution in [1.29, 1.82) is 0 Å². The second kappa shape index (κ2) is 12.8. The molecule has 226 valence electrons. The minimum Gasteiger partial charge on any atom is -0.493 e. The maximum Gasteiger partial charge on any atom is 0.410 e. The van der Waals surface area contributed by atoms with Crippen molar-refractivity contribution < 1.29 is 28.6 Å². The maximum atomic E-state index is 13.1. The van der Waals surface area contributed by atoms with E-state index in [1.165, 1.54) is 6.08 Å². The number of hydrogen-bond donors (Lipinski definition) is 1. The van der Waals surface area contributed by atoms with Gasteiger partial charge in [0.1, 0.15) is 11.4 Å². The van der Waals surface area contributed by atoms with E-state index in [1.807, 2.05) is 52.0 Å². The summed E-state index contributed by atoms with van der Waals surface area (Å²) < 4.78 is 16.9. The van der Waals surface area contributed by atoms with E-state index in [0.717, 1.165) is 23.1 Å². The van der Waals surface area contributed by atoms with Gasteiger partial charge in [0, 0.05) is 44.5 Å². The molecule has 10 nitrogen and oxygen atoms in total. The largest absolute Gasteiger partial charge is 0.493 e. The lowest BCUT2D eigenvalue weighted by Gasteiger charge is -2.43. The molecule has 1 aromatic heterocycles. The lowest BCUT2D eigenvalue weighted by molar-refractivity contribution is -0.129. The Morgan fingerprint density at radius 3 is 2.62 bits per heavy atom. The van der Waals surface area contributed by atoms with Crippen molar-refractivity contribution in [3.8, 4) is 11.5 Å². The van der Waals surface area contributed by atoms with Crippen LogP contribution in [0.2, 0.25) is 0 Å². The summed E-state index contributed by atoms with van der Waals surface area (Å²) in [6, 6.07) is 7.62. The first-order valence-electron chi connectivity index (χ1n) is 14.4. The number of carbonyl (C=O) groups excluding carboxylic acids is 3. The van der Waals surface area contributed by atoms with Gasteiger partial charge in [0.25, 0.3) is 0 Å². The van der Waals surface area contributed by atoms with Crippen LogP contribution < -0.4 is 14.8 Å². The Morgan fingerprint density at radius 2 is 1.95 bits per heavy atom. The van der Waals surface area contributed by atoms with Crippen LogP contribution >= 0.6 is 0 Å². The standard InChI is InChI=1S/C32H42N4O6/c1-7-17-41-27-23(9-8-10-25(27)40-6)21-35(5)26(37)12-11-22-18-24-19-32(29(38)34-28(24)33-20-22)13-15-36(16-14-32)30(39)42-31(2,3)4/h8-12,18,20H,7,13-17,19,21H2,1-6H3,(H,33,34,38). The van der Waals surface area contributed by atoms with Crippen molar-refractivity contribution in [2.75, 3.05) is 39.2 Å². The Balaban J connectivity index is 1.41. The average Bonchev–Trinajstić information content (AvgIpc) is 2.95. The average molecular weight is 579 g/mol. The first-order valence-corrected chi connectivity index (χ1v) is 14.4. The Hall–Kier alpha value is -4.08. The van der Waals surface area contributed by atoms with Crippen LogP contribution in [0.1, 0.15) is 63.6 Å². The molecule has 0 saturated carbocycles. The fourth-order valence-electron chi connectivity index (χ4n) is 5.24. The molecule has 42 heavy (non-hydrogen) atoms. The summed E-state index contributed by atoms with van der Waals surface area (Å²) in [7, 11) is 3.34. The SMILES string of the molecule is CCCOc1c(CN(C)C(=O)C=Cc2cnc3c(c2)CC2(CCN(C(=O)OC(C)(C)C)CC2)C(=O)N3)cccc1OC. The van der Waals surface area contributed by atoms with Crippen molar-refractivity contribution in [3.05, 3.63) is 53.2 Å². The van der Waals surface area contributed by atoms with Gasteiger partial charge in [0.15, 0.2) is 11.5 Å². The second-order valence-electron chi connectivity index (χ2n) is 12.0. The number of nitrogens with zero attached hydrogens (tertiary/aromatic N) is 3. The summed E-state index contributed by atoms with van der Waals surface area (Å²) in [5, 5.41) is 2.96. The molecular formula is C32H42N4O6. The fraction of sp³-hybridized carbons (Fsp3) is 0.500. The van der Waals surface area contributed by atoms with E-state index in [9.17, 15) is 14.4 Å². The van der Waals surface area contributed by atoms with Gasteiger partial charge in [0.2, 0.25) is 11.8 Å². The van der Waals surface area contributed by atoms with Gasteiger partial charge >= 0.3 is 6.09 Å². The van der Waals surface area contributed by atoms with Crippen molar-refractivity contribution in [2.24, 2.45) is 5.41 Å². The molecule has 1 spiro atoms. The van der Waals surface area contributed by atoms with Crippen molar-refractivity contribution in [3.63, 3.8) is 0 Å². The molecule has 0 aliphatic carbocycles. The number of benzene rings is 1. The lowest BCUT2D eigenvalue weighted by atomic mass is 9.71. The van der Waals surface area contributed by atoms with E-state index < -0.39 is 11.0 Å². The zero-order valence-electron chi connectivity index (χ0n) is 25.5. The van der Waals surface area contributed by atoms with Crippen LogP contribution in [0.25, 0.3) is 6.08 Å². The molecule has 0 bridgehead atoms. The molecule has 1 fully saturated rings. The molecule has 1 aromatic carbocycles. The summed E-state index contributed by atoms with van der Waals surface area (Å²) in [4.78, 5) is 46.4. The number of hydrogen-bond acceptors (Lipinski definition) is 7. The number of piperidine rings is 1. The quantitative estimate of drug-likeness (QED) is 0.436. The van der Waals surface area contributed by atoms with E-state index in [-0.39, 0.29) is 17.9 Å². The number of aromatic nitrogens is 1. The molecular weight excluding hydrogens is 536 g/mol. The van der Waals surface area contributed by atoms with Crippen molar-refractivity contribution in [2.45, 2.75) is 65.5 Å². The van der Waals surface area contributed by atoms with Gasteiger partial charge in [0.05, 0.1) is 19.1 Å². The molecule has 0 unspecified atom stereocenters. The highest BCUT2D eigenvalue weighted by molar-refractivity contribution is 5.98. The van der Waals surface area contributed by atoms with Crippen LogP contribution in [0.15, 0.2) is 36.5 Å². The zero-order valence-corrected chi connectivity index (χ0v) is 25.5. The summed E-state index contributed by atoms with van der Waals surface area (Å²) in [6.45, 7) is 9.37. The van der Waals surface area contributed by atoms with Crippen LogP contribution in [-0.2, 0) is 27.3 Å². The zero-order chi connectivity index (χ0) is 30.5. The number of likely N-dealkylation sites (tertiary alicyclic amines) is 1. The molecule has 2 aliphatic rings. The fourth-order valence-corrected chi connectivity index (χ4v) is 5.24. The summed E-state index contributed by atoms with van der Waals surface area (Å²) >= 11 is 0. The number of fused-ring (bicyclic) bond motifs is 1. The monoisotopic (exact) mass is 578 g/mol. The molecule has 1 N–H and O–H groups in total. The van der Waals surface area contributed by atoms with Crippen LogP contribution in [0, 0.1) is 5.41 Å². The molecule has 3 amide bonds. The first kappa shape index (κ1) is 30.9. The highest BCUT2D eigenvalue weighted by Crippen LogP contribution is 2.41. The lowest BCUT2D eigenvalue weighted by Crippen LogP contribution is -2.51. The van der Waals surface area contributed by atoms with Crippen LogP contribution in [-0.4, -0.2) is 72.1 Å². The highest BCUT2D eigenvalue weighted by atomic mass is 16.6. The molecule has 0 radical (unpaired) electrons. The smallest absolute Gasteiger partial charge is 0.410 e. The van der Waals surface area contributed by atoms with Gasteiger partial charge in [-0.2, -0.15) is 0 Å². The first-order chi connectivity index (χ1) is 19.9. The van der Waals surface area contributed by atoms with Crippen LogP contribution in [0.3, 0.4) is 0 Å². The number of nitrogens with one attached hydrogen (secondary N) is 1. The highest BCUT2D eigenvalue weighted by Gasteiger charge is 2.46. The topological polar surface area (TPSA) is 110 Å². The van der Waals surface area contributed by atoms with Crippen LogP contribution in [0.5, 0.6) is 11.5 Å². The Morgan fingerprint density at radius 1 is 1.21 bits per heavy atom. The van der Waals surface area contributed by atoms with Gasteiger partial charge in [-0.1, -0.05) is 19.1 Å². The summed E-state index contributed by atoms with van der Waals surface area (Å²) in [5.74, 6) is 1.59. The van der Waals surface area contributed by atoms with Gasteiger partial charge in [-0.25, -0.2) is 9.78 Å². The van der Waals surface area contributed by atoms with Crippen molar-refractivity contribution >= 4 is 29.8 Å². The van der Waals surface area contributed by atoms with Crippen LogP contribution in [0.4, 0.5) is 10.6 Å². The normalized spacial score (nSPS) is 16.1. The van der Waals surface area contributed by atoms with Crippen molar-refractivity contribution in [1.82, 2.24) is 14.8 Å². The molecule has 2 aromatic rings. The number of methoxy groups -OCH3 is 1. The van der Waals surface area contributed by atoms with E-state index in [1.54, 1.807) is 36.2 Å². The van der Waals surface area contributed by atoms with E-state index in [2.05, 4.69) is 10.3 Å². The predicted molar refractivity (Wildman–Crippen MR) is 160 cm³/mol. The third kappa shape index (κ3) is 7.21. The molecule has 10 heteroatoms. The molecule has 1 saturated heterocycles. The Labute approximate surface area is 248 Å². The summed E-state index contributed by atoms with van der Waals surface area (Å²) in [6.07, 6.45) is 7.00. The van der Waals surface area contributed by atoms with E-state index in [4.69, 9.17) is 14.2 Å². The number of rotatable bonds is 8. The number of carbonyl (C=O) groups is 3. The number of ether oxygens (including phenoxy) is 3. The minimum absolute atomic E-state index is 0.0636. The molecule has 0 atom stereocenters. The van der Waals surface area contributed by atoms with Gasteiger partial charge in [-0.15, -0.1) is 0 Å². The number of anilines is 1. The molecule has 3 heterocycles. The van der Waals surface area contributed by atoms with E-state index in [0.29, 0.717) is 62.8 Å². The van der Waals surface area contributed by atoms with Gasteiger partial charge < -0.3 is 29.3 Å². The molecule has 2 aliphatic heterocycles. The van der Waals surface area contributed by atoms with E-state index >= 15 is 0 Å². The third-order valence-electron chi connectivity index (χ3n) is 7.54. The second-order valence-corrected chi connectivity index (χ2v) is 12.0. The molecule has 4 rings (SSSR count). The Kier molecular flexibility index (Phi) is 9.43. The maximum absolute atomic E-state index is 13.1. The number of likely N-dealkylation sites (N-methyl/N-ethyl adjacent to an activating group) is 1. The predicted octanol–water partition coefficient (Wildman–Crippen LogP) is 5.06.